The summed E-state index contributed by atoms with van der Waals surface area (Å²) in [4.78, 5) is 14.5. The molecule has 2 aliphatic carbocycles. The van der Waals surface area contributed by atoms with E-state index in [1.54, 1.807) is 0 Å². The molecule has 0 spiro atoms. The Morgan fingerprint density at radius 3 is 2.50 bits per heavy atom. The van der Waals surface area contributed by atoms with E-state index in [-0.39, 0.29) is 11.7 Å². The zero-order valence-corrected chi connectivity index (χ0v) is 11.2. The van der Waals surface area contributed by atoms with Crippen LogP contribution in [0.5, 0.6) is 0 Å². The second kappa shape index (κ2) is 4.78. The first-order valence-corrected chi connectivity index (χ1v) is 6.80. The molecule has 2 saturated carbocycles. The van der Waals surface area contributed by atoms with E-state index in [1.807, 2.05) is 4.90 Å². The van der Waals surface area contributed by atoms with Crippen LogP contribution in [0.25, 0.3) is 0 Å². The predicted octanol–water partition coefficient (Wildman–Crippen LogP) is 1.55. The van der Waals surface area contributed by atoms with E-state index in [4.69, 9.17) is 10.9 Å². The van der Waals surface area contributed by atoms with Gasteiger partial charge < -0.3 is 15.8 Å². The van der Waals surface area contributed by atoms with Crippen molar-refractivity contribution in [3.05, 3.63) is 0 Å². The molecule has 0 heterocycles. The summed E-state index contributed by atoms with van der Waals surface area (Å²) in [5.74, 6) is 0.738. The number of carbonyl (C=O) groups excluding carboxylic acids is 1. The first kappa shape index (κ1) is 13.2. The van der Waals surface area contributed by atoms with Crippen LogP contribution >= 0.6 is 0 Å². The maximum atomic E-state index is 12.6. The molecule has 102 valence electrons. The number of oxime groups is 1. The van der Waals surface area contributed by atoms with Crippen LogP contribution in [0.15, 0.2) is 5.16 Å². The van der Waals surface area contributed by atoms with Crippen LogP contribution in [-0.4, -0.2) is 34.4 Å². The smallest absolute Gasteiger partial charge is 0.236 e. The van der Waals surface area contributed by atoms with Crippen molar-refractivity contribution < 1.29 is 10.0 Å². The summed E-state index contributed by atoms with van der Waals surface area (Å²) in [5, 5.41) is 11.9. The summed E-state index contributed by atoms with van der Waals surface area (Å²) in [6.07, 6.45) is 4.62. The van der Waals surface area contributed by atoms with Gasteiger partial charge in [0.15, 0.2) is 5.84 Å². The van der Waals surface area contributed by atoms with Crippen LogP contribution in [0, 0.1) is 11.3 Å². The summed E-state index contributed by atoms with van der Waals surface area (Å²) >= 11 is 0. The fourth-order valence-electron chi connectivity index (χ4n) is 2.31. The molecule has 0 radical (unpaired) electrons. The zero-order valence-electron chi connectivity index (χ0n) is 11.2. The lowest BCUT2D eigenvalue weighted by atomic mass is 10.0. The summed E-state index contributed by atoms with van der Waals surface area (Å²) in [6, 6.07) is 0.389. The van der Waals surface area contributed by atoms with Crippen molar-refractivity contribution in [1.29, 1.82) is 0 Å². The summed E-state index contributed by atoms with van der Waals surface area (Å²) < 4.78 is 0. The largest absolute Gasteiger partial charge is 0.409 e. The first-order valence-electron chi connectivity index (χ1n) is 6.80. The standard InChI is InChI=1S/C13H23N3O2/c1-9(2)5-8-16(10-3-4-10)12(17)13(6-7-13)11(14)15-18/h9-10,18H,3-8H2,1-2H3,(H2,14,15). The highest BCUT2D eigenvalue weighted by atomic mass is 16.4. The third-order valence-electron chi connectivity index (χ3n) is 3.95. The molecule has 5 heteroatoms. The molecule has 0 saturated heterocycles. The Morgan fingerprint density at radius 2 is 2.11 bits per heavy atom. The molecule has 2 rings (SSSR count). The van der Waals surface area contributed by atoms with E-state index in [2.05, 4.69) is 19.0 Å². The number of nitrogens with zero attached hydrogens (tertiary/aromatic N) is 2. The SMILES string of the molecule is CC(C)CCN(C(=O)C1(C(N)=NO)CC1)C1CC1. The molecule has 1 amide bonds. The summed E-state index contributed by atoms with van der Waals surface area (Å²) in [6.45, 7) is 5.11. The number of hydrogen-bond acceptors (Lipinski definition) is 3. The minimum atomic E-state index is -0.686. The number of amidine groups is 1. The number of amides is 1. The lowest BCUT2D eigenvalue weighted by molar-refractivity contribution is -0.135. The Labute approximate surface area is 108 Å². The Balaban J connectivity index is 2.04. The molecular weight excluding hydrogens is 230 g/mol. The molecule has 0 aromatic carbocycles. The Bertz CT molecular complexity index is 357. The molecular formula is C13H23N3O2. The highest BCUT2D eigenvalue weighted by Gasteiger charge is 2.57. The number of rotatable bonds is 6. The van der Waals surface area contributed by atoms with E-state index in [1.165, 1.54) is 0 Å². The second-order valence-corrected chi connectivity index (χ2v) is 5.98. The van der Waals surface area contributed by atoms with Crippen LogP contribution in [0.3, 0.4) is 0 Å². The van der Waals surface area contributed by atoms with E-state index in [0.717, 1.165) is 25.8 Å². The van der Waals surface area contributed by atoms with Gasteiger partial charge in [-0.2, -0.15) is 0 Å². The van der Waals surface area contributed by atoms with Gasteiger partial charge in [0.25, 0.3) is 0 Å². The quantitative estimate of drug-likeness (QED) is 0.326. The molecule has 0 atom stereocenters. The first-order chi connectivity index (χ1) is 8.51. The van der Waals surface area contributed by atoms with Crippen molar-refractivity contribution in [2.24, 2.45) is 22.2 Å². The van der Waals surface area contributed by atoms with Gasteiger partial charge in [0.1, 0.15) is 5.41 Å². The van der Waals surface area contributed by atoms with Crippen LogP contribution in [0.1, 0.15) is 46.0 Å². The highest BCUT2D eigenvalue weighted by molar-refractivity contribution is 6.09. The maximum Gasteiger partial charge on any atom is 0.236 e. The molecule has 2 fully saturated rings. The lowest BCUT2D eigenvalue weighted by Gasteiger charge is -2.27. The van der Waals surface area contributed by atoms with Crippen molar-refractivity contribution in [2.75, 3.05) is 6.54 Å². The van der Waals surface area contributed by atoms with Gasteiger partial charge >= 0.3 is 0 Å². The number of carbonyl (C=O) groups is 1. The normalized spacial score (nSPS) is 22.1. The van der Waals surface area contributed by atoms with E-state index in [0.29, 0.717) is 24.8 Å². The zero-order chi connectivity index (χ0) is 13.3. The molecule has 0 aromatic heterocycles. The minimum absolute atomic E-state index is 0.0703. The Morgan fingerprint density at radius 1 is 1.50 bits per heavy atom. The lowest BCUT2D eigenvalue weighted by Crippen LogP contribution is -2.45. The number of hydrogen-bond donors (Lipinski definition) is 2. The molecule has 5 nitrogen and oxygen atoms in total. The van der Waals surface area contributed by atoms with Gasteiger partial charge in [0, 0.05) is 12.6 Å². The summed E-state index contributed by atoms with van der Waals surface area (Å²) in [5.41, 5.74) is 4.99. The second-order valence-electron chi connectivity index (χ2n) is 5.98. The Hall–Kier alpha value is -1.26. The van der Waals surface area contributed by atoms with E-state index < -0.39 is 5.41 Å². The molecule has 0 unspecified atom stereocenters. The van der Waals surface area contributed by atoms with Crippen LogP contribution in [0.2, 0.25) is 0 Å². The number of nitrogens with two attached hydrogens (primary N) is 1. The molecule has 2 aliphatic rings. The highest BCUT2D eigenvalue weighted by Crippen LogP contribution is 2.49. The van der Waals surface area contributed by atoms with E-state index >= 15 is 0 Å². The summed E-state index contributed by atoms with van der Waals surface area (Å²) in [7, 11) is 0. The van der Waals surface area contributed by atoms with E-state index in [9.17, 15) is 4.79 Å². The average Bonchev–Trinajstić information content (AvgIpc) is 3.19. The Kier molecular flexibility index (Phi) is 3.50. The molecule has 0 aromatic rings. The predicted molar refractivity (Wildman–Crippen MR) is 69.3 cm³/mol. The van der Waals surface area contributed by atoms with Gasteiger partial charge in [-0.25, -0.2) is 0 Å². The maximum absolute atomic E-state index is 12.6. The van der Waals surface area contributed by atoms with Gasteiger partial charge in [0.05, 0.1) is 0 Å². The van der Waals surface area contributed by atoms with Crippen molar-refractivity contribution in [2.45, 2.75) is 52.0 Å². The fraction of sp³-hybridized carbons (Fsp3) is 0.846. The third-order valence-corrected chi connectivity index (χ3v) is 3.95. The van der Waals surface area contributed by atoms with Gasteiger partial charge in [-0.15, -0.1) is 0 Å². The van der Waals surface area contributed by atoms with Gasteiger partial charge in [-0.05, 0) is 38.0 Å². The minimum Gasteiger partial charge on any atom is -0.409 e. The van der Waals surface area contributed by atoms with Crippen LogP contribution < -0.4 is 5.73 Å². The van der Waals surface area contributed by atoms with Crippen LogP contribution in [-0.2, 0) is 4.79 Å². The van der Waals surface area contributed by atoms with Crippen molar-refractivity contribution in [1.82, 2.24) is 4.90 Å². The topological polar surface area (TPSA) is 78.9 Å². The molecule has 3 N–H and O–H groups in total. The van der Waals surface area contributed by atoms with Crippen molar-refractivity contribution >= 4 is 11.7 Å². The molecule has 0 bridgehead atoms. The van der Waals surface area contributed by atoms with Crippen molar-refractivity contribution in [3.63, 3.8) is 0 Å². The fourth-order valence-corrected chi connectivity index (χ4v) is 2.31. The monoisotopic (exact) mass is 253 g/mol. The van der Waals surface area contributed by atoms with Crippen molar-refractivity contribution in [3.8, 4) is 0 Å². The third kappa shape index (κ3) is 2.44. The average molecular weight is 253 g/mol. The van der Waals surface area contributed by atoms with Gasteiger partial charge in [0.2, 0.25) is 5.91 Å². The van der Waals surface area contributed by atoms with Gasteiger partial charge in [-0.1, -0.05) is 19.0 Å². The molecule has 0 aliphatic heterocycles. The molecule has 18 heavy (non-hydrogen) atoms. The van der Waals surface area contributed by atoms with Crippen LogP contribution in [0.4, 0.5) is 0 Å². The van der Waals surface area contributed by atoms with Gasteiger partial charge in [-0.3, -0.25) is 4.79 Å².